The van der Waals surface area contributed by atoms with Gasteiger partial charge < -0.3 is 9.80 Å². The minimum atomic E-state index is 0.0207. The molecule has 8 heteroatoms. The van der Waals surface area contributed by atoms with E-state index in [1.165, 1.54) is 0 Å². The fraction of sp³-hybridized carbons (Fsp3) is 0.652. The zero-order valence-corrected chi connectivity index (χ0v) is 19.8. The van der Waals surface area contributed by atoms with E-state index in [9.17, 15) is 9.59 Å². The molecule has 31 heavy (non-hydrogen) atoms. The summed E-state index contributed by atoms with van der Waals surface area (Å²) in [7, 11) is 0. The molecule has 170 valence electrons. The summed E-state index contributed by atoms with van der Waals surface area (Å²) in [5.74, 6) is 0.394. The van der Waals surface area contributed by atoms with Gasteiger partial charge in [-0.25, -0.2) is 9.67 Å². The first-order valence-corrected chi connectivity index (χ1v) is 11.4. The Kier molecular flexibility index (Phi) is 7.30. The van der Waals surface area contributed by atoms with Crippen molar-refractivity contribution in [3.8, 4) is 0 Å². The topological polar surface area (TPSA) is 74.6 Å². The lowest BCUT2D eigenvalue weighted by molar-refractivity contribution is -0.132. The molecule has 1 fully saturated rings. The number of piperazine rings is 1. The number of carbonyl (C=O) groups is 2. The Labute approximate surface area is 185 Å². The Morgan fingerprint density at radius 2 is 1.71 bits per heavy atom. The Morgan fingerprint density at radius 3 is 2.26 bits per heavy atom. The van der Waals surface area contributed by atoms with Gasteiger partial charge in [0.2, 0.25) is 5.91 Å². The summed E-state index contributed by atoms with van der Waals surface area (Å²) in [6.45, 7) is 16.8. The van der Waals surface area contributed by atoms with Gasteiger partial charge in [0.05, 0.1) is 23.7 Å². The maximum atomic E-state index is 13.5. The van der Waals surface area contributed by atoms with E-state index in [-0.39, 0.29) is 23.8 Å². The summed E-state index contributed by atoms with van der Waals surface area (Å²) in [6.07, 6.45) is 1.76. The van der Waals surface area contributed by atoms with Gasteiger partial charge in [0, 0.05) is 51.0 Å². The van der Waals surface area contributed by atoms with Crippen LogP contribution in [0.25, 0.3) is 11.0 Å². The van der Waals surface area contributed by atoms with Crippen molar-refractivity contribution < 1.29 is 9.59 Å². The normalized spacial score (nSPS) is 15.3. The van der Waals surface area contributed by atoms with E-state index in [2.05, 4.69) is 37.7 Å². The highest BCUT2D eigenvalue weighted by atomic mass is 16.2. The van der Waals surface area contributed by atoms with E-state index in [4.69, 9.17) is 4.98 Å². The molecule has 0 aliphatic carbocycles. The second-order valence-corrected chi connectivity index (χ2v) is 8.80. The fourth-order valence-electron chi connectivity index (χ4n) is 4.04. The highest BCUT2D eigenvalue weighted by Gasteiger charge is 2.27. The van der Waals surface area contributed by atoms with Crippen molar-refractivity contribution in [3.05, 3.63) is 23.5 Å². The number of likely N-dealkylation sites (N-methyl/N-ethyl adjacent to an activating group) is 1. The highest BCUT2D eigenvalue weighted by molar-refractivity contribution is 6.05. The Balaban J connectivity index is 1.77. The van der Waals surface area contributed by atoms with Crippen molar-refractivity contribution >= 4 is 22.8 Å². The number of hydrogen-bond acceptors (Lipinski definition) is 5. The summed E-state index contributed by atoms with van der Waals surface area (Å²) in [5.41, 5.74) is 2.35. The number of fused-ring (bicyclic) bond motifs is 1. The molecule has 0 bridgehead atoms. The fourth-order valence-corrected chi connectivity index (χ4v) is 4.04. The second-order valence-electron chi connectivity index (χ2n) is 8.80. The Hall–Kier alpha value is -2.48. The van der Waals surface area contributed by atoms with Crippen LogP contribution in [0.3, 0.4) is 0 Å². The van der Waals surface area contributed by atoms with Crippen LogP contribution >= 0.6 is 0 Å². The van der Waals surface area contributed by atoms with Gasteiger partial charge in [-0.05, 0) is 39.7 Å². The van der Waals surface area contributed by atoms with Crippen molar-refractivity contribution in [1.82, 2.24) is 29.5 Å². The Morgan fingerprint density at radius 1 is 1.06 bits per heavy atom. The van der Waals surface area contributed by atoms with Crippen LogP contribution in [0.2, 0.25) is 0 Å². The van der Waals surface area contributed by atoms with Crippen LogP contribution in [0, 0.1) is 0 Å². The molecular weight excluding hydrogens is 392 g/mol. The average molecular weight is 429 g/mol. The summed E-state index contributed by atoms with van der Waals surface area (Å²) in [6, 6.07) is 2.10. The maximum Gasteiger partial charge on any atom is 0.254 e. The molecule has 3 rings (SSSR count). The number of carbonyl (C=O) groups excluding carboxylic acids is 2. The SMILES string of the molecule is CCN(CC)C(=O)CN1CCN(C(=O)c2cc(C(C)C)nc3c2cnn3C(C)C)CC1. The summed E-state index contributed by atoms with van der Waals surface area (Å²) < 4.78 is 1.88. The van der Waals surface area contributed by atoms with Crippen molar-refractivity contribution in [3.63, 3.8) is 0 Å². The molecule has 0 atom stereocenters. The van der Waals surface area contributed by atoms with E-state index < -0.39 is 0 Å². The molecule has 0 radical (unpaired) electrons. The summed E-state index contributed by atoms with van der Waals surface area (Å²) >= 11 is 0. The molecule has 1 saturated heterocycles. The standard InChI is InChI=1S/C23H36N6O2/c1-7-27(8-2)21(30)15-26-9-11-28(12-10-26)23(31)18-13-20(16(3)4)25-22-19(18)14-24-29(22)17(5)6/h13-14,16-17H,7-12,15H2,1-6H3. The molecule has 1 aliphatic heterocycles. The lowest BCUT2D eigenvalue weighted by atomic mass is 10.0. The quantitative estimate of drug-likeness (QED) is 0.678. The predicted molar refractivity (Wildman–Crippen MR) is 122 cm³/mol. The lowest BCUT2D eigenvalue weighted by Gasteiger charge is -2.35. The number of hydrogen-bond donors (Lipinski definition) is 0. The van der Waals surface area contributed by atoms with E-state index in [1.54, 1.807) is 6.20 Å². The molecule has 0 unspecified atom stereocenters. The molecule has 0 N–H and O–H groups in total. The smallest absolute Gasteiger partial charge is 0.254 e. The predicted octanol–water partition coefficient (Wildman–Crippen LogP) is 2.76. The van der Waals surface area contributed by atoms with Gasteiger partial charge in [0.1, 0.15) is 0 Å². The molecule has 0 saturated carbocycles. The van der Waals surface area contributed by atoms with Gasteiger partial charge in [-0.2, -0.15) is 5.10 Å². The summed E-state index contributed by atoms with van der Waals surface area (Å²) in [5, 5.41) is 5.30. The van der Waals surface area contributed by atoms with Crippen molar-refractivity contribution in [2.45, 2.75) is 53.5 Å². The number of aromatic nitrogens is 3. The Bertz CT molecular complexity index is 924. The molecule has 1 aliphatic rings. The molecule has 0 aromatic carbocycles. The zero-order valence-electron chi connectivity index (χ0n) is 19.8. The third kappa shape index (κ3) is 4.89. The molecule has 2 amide bonds. The molecule has 8 nitrogen and oxygen atoms in total. The lowest BCUT2D eigenvalue weighted by Crippen LogP contribution is -2.51. The van der Waals surface area contributed by atoms with Crippen LogP contribution in [0.1, 0.15) is 69.6 Å². The van der Waals surface area contributed by atoms with Gasteiger partial charge >= 0.3 is 0 Å². The highest BCUT2D eigenvalue weighted by Crippen LogP contribution is 2.25. The minimum absolute atomic E-state index is 0.0207. The van der Waals surface area contributed by atoms with Gasteiger partial charge in [-0.1, -0.05) is 13.8 Å². The maximum absolute atomic E-state index is 13.5. The molecular formula is C23H36N6O2. The third-order valence-electron chi connectivity index (χ3n) is 6.03. The van der Waals surface area contributed by atoms with Crippen LogP contribution in [0.4, 0.5) is 0 Å². The van der Waals surface area contributed by atoms with Crippen molar-refractivity contribution in [2.75, 3.05) is 45.8 Å². The molecule has 3 heterocycles. The van der Waals surface area contributed by atoms with Crippen LogP contribution in [-0.2, 0) is 4.79 Å². The molecule has 2 aromatic rings. The van der Waals surface area contributed by atoms with Gasteiger partial charge in [0.15, 0.2) is 5.65 Å². The van der Waals surface area contributed by atoms with E-state index in [0.717, 1.165) is 29.8 Å². The van der Waals surface area contributed by atoms with Crippen LogP contribution in [0.5, 0.6) is 0 Å². The summed E-state index contributed by atoms with van der Waals surface area (Å²) in [4.78, 5) is 36.6. The van der Waals surface area contributed by atoms with E-state index in [1.807, 2.05) is 34.4 Å². The molecule has 2 aromatic heterocycles. The average Bonchev–Trinajstić information content (AvgIpc) is 3.18. The largest absolute Gasteiger partial charge is 0.342 e. The molecule has 0 spiro atoms. The van der Waals surface area contributed by atoms with Crippen molar-refractivity contribution in [2.24, 2.45) is 0 Å². The van der Waals surface area contributed by atoms with Crippen LogP contribution in [-0.4, -0.2) is 87.1 Å². The van der Waals surface area contributed by atoms with Gasteiger partial charge in [-0.3, -0.25) is 14.5 Å². The number of rotatable bonds is 7. The monoisotopic (exact) mass is 428 g/mol. The number of pyridine rings is 1. The van der Waals surface area contributed by atoms with E-state index >= 15 is 0 Å². The zero-order chi connectivity index (χ0) is 22.7. The second kappa shape index (κ2) is 9.77. The third-order valence-corrected chi connectivity index (χ3v) is 6.03. The van der Waals surface area contributed by atoms with Crippen molar-refractivity contribution in [1.29, 1.82) is 0 Å². The van der Waals surface area contributed by atoms with E-state index in [0.29, 0.717) is 38.3 Å². The first-order valence-electron chi connectivity index (χ1n) is 11.4. The van der Waals surface area contributed by atoms with Gasteiger partial charge in [0.25, 0.3) is 5.91 Å². The van der Waals surface area contributed by atoms with Crippen LogP contribution in [0.15, 0.2) is 12.3 Å². The van der Waals surface area contributed by atoms with Gasteiger partial charge in [-0.15, -0.1) is 0 Å². The first kappa shape index (κ1) is 23.2. The minimum Gasteiger partial charge on any atom is -0.342 e. The first-order chi connectivity index (χ1) is 14.8. The number of amides is 2. The number of nitrogens with zero attached hydrogens (tertiary/aromatic N) is 6. The van der Waals surface area contributed by atoms with Crippen LogP contribution < -0.4 is 0 Å².